The number of aryl methyl sites for hydroxylation is 2. The predicted molar refractivity (Wildman–Crippen MR) is 150 cm³/mol. The summed E-state index contributed by atoms with van der Waals surface area (Å²) in [4.78, 5) is 24.9. The number of hydrogen-bond acceptors (Lipinski definition) is 7. The Bertz CT molecular complexity index is 1590. The fraction of sp³-hybridized carbons (Fsp3) is 0.355. The summed E-state index contributed by atoms with van der Waals surface area (Å²) in [6, 6.07) is 17.7. The molecule has 0 bridgehead atoms. The maximum Gasteiger partial charge on any atom is 0.440 e. The van der Waals surface area contributed by atoms with Crippen LogP contribution in [0, 0.1) is 20.8 Å². The van der Waals surface area contributed by atoms with Gasteiger partial charge in [0.25, 0.3) is 0 Å². The highest BCUT2D eigenvalue weighted by Gasteiger charge is 2.33. The molecule has 9 nitrogen and oxygen atoms in total. The topological polar surface area (TPSA) is 105 Å². The van der Waals surface area contributed by atoms with E-state index in [0.717, 1.165) is 43.9 Å². The lowest BCUT2D eigenvalue weighted by molar-refractivity contribution is -0.141. The first kappa shape index (κ1) is 27.5. The Morgan fingerprint density at radius 1 is 0.975 bits per heavy atom. The molecule has 0 spiro atoms. The zero-order valence-electron chi connectivity index (χ0n) is 23.4. The average molecular weight is 547 g/mol. The van der Waals surface area contributed by atoms with E-state index in [-0.39, 0.29) is 12.6 Å². The highest BCUT2D eigenvalue weighted by atomic mass is 16.7. The quantitative estimate of drug-likeness (QED) is 0.319. The van der Waals surface area contributed by atoms with Crippen LogP contribution < -0.4 is 20.9 Å². The number of aromatic amines is 1. The number of rotatable bonds is 9. The van der Waals surface area contributed by atoms with Gasteiger partial charge in [-0.25, -0.2) is 14.6 Å². The number of benzene rings is 3. The van der Waals surface area contributed by atoms with Gasteiger partial charge in [-0.05, 0) is 97.8 Å². The summed E-state index contributed by atoms with van der Waals surface area (Å²) in [6.07, 6.45) is -0.0864. The predicted octanol–water partition coefficient (Wildman–Crippen LogP) is 4.88. The minimum Gasteiger partial charge on any atom is -0.491 e. The Balaban J connectivity index is 1.25. The van der Waals surface area contributed by atoms with Crippen LogP contribution in [-0.2, 0) is 22.6 Å². The summed E-state index contributed by atoms with van der Waals surface area (Å²) in [5, 5.41) is 0. The van der Waals surface area contributed by atoms with Crippen LogP contribution in [0.1, 0.15) is 41.7 Å². The van der Waals surface area contributed by atoms with Crippen LogP contribution in [0.25, 0.3) is 11.1 Å². The fourth-order valence-electron chi connectivity index (χ4n) is 5.01. The normalized spacial score (nSPS) is 16.3. The molecule has 210 valence electrons. The molecule has 9 heteroatoms. The van der Waals surface area contributed by atoms with Crippen LogP contribution in [0.4, 0.5) is 0 Å². The second-order valence-electron chi connectivity index (χ2n) is 10.6. The molecule has 4 aromatic rings. The first-order valence-electron chi connectivity index (χ1n) is 13.2. The number of H-pyrrole nitrogens is 1. The van der Waals surface area contributed by atoms with E-state index in [1.165, 1.54) is 5.56 Å². The third-order valence-electron chi connectivity index (χ3n) is 7.00. The van der Waals surface area contributed by atoms with Crippen LogP contribution in [-0.4, -0.2) is 34.8 Å². The molecular formula is C31H34N2O7. The van der Waals surface area contributed by atoms with E-state index in [2.05, 4.69) is 56.1 Å². The van der Waals surface area contributed by atoms with Crippen LogP contribution in [0.3, 0.4) is 0 Å². The molecule has 5 rings (SSSR count). The maximum absolute atomic E-state index is 11.7. The molecule has 1 aliphatic rings. The highest BCUT2D eigenvalue weighted by Crippen LogP contribution is 2.35. The molecule has 2 heterocycles. The van der Waals surface area contributed by atoms with Gasteiger partial charge < -0.3 is 23.5 Å². The van der Waals surface area contributed by atoms with Gasteiger partial charge in [0.05, 0.1) is 13.2 Å². The van der Waals surface area contributed by atoms with Crippen molar-refractivity contribution in [1.29, 1.82) is 0 Å². The third-order valence-corrected chi connectivity index (χ3v) is 7.00. The van der Waals surface area contributed by atoms with Gasteiger partial charge in [0.2, 0.25) is 0 Å². The van der Waals surface area contributed by atoms with Crippen molar-refractivity contribution in [3.63, 3.8) is 0 Å². The smallest absolute Gasteiger partial charge is 0.440 e. The number of ether oxygens (including phenoxy) is 4. The Hall–Kier alpha value is -4.08. The summed E-state index contributed by atoms with van der Waals surface area (Å²) < 4.78 is 29.4. The van der Waals surface area contributed by atoms with Gasteiger partial charge in [-0.2, -0.15) is 0 Å². The molecule has 40 heavy (non-hydrogen) atoms. The van der Waals surface area contributed by atoms with Crippen molar-refractivity contribution in [2.75, 3.05) is 13.2 Å². The zero-order chi connectivity index (χ0) is 28.4. The van der Waals surface area contributed by atoms with Crippen molar-refractivity contribution < 1.29 is 23.5 Å². The van der Waals surface area contributed by atoms with Crippen molar-refractivity contribution >= 4 is 0 Å². The SMILES string of the molecule is Cc1cc(OC[C@@H]2COC(C)(C)O2)cc(C)c1-c1cccc(COc2ccc(Cn3oc(=O)[nH]c3=O)cc2)c1C. The molecule has 1 fully saturated rings. The summed E-state index contributed by atoms with van der Waals surface area (Å²) in [6.45, 7) is 11.7. The van der Waals surface area contributed by atoms with E-state index in [0.29, 0.717) is 25.6 Å². The summed E-state index contributed by atoms with van der Waals surface area (Å²) in [5.41, 5.74) is 7.07. The van der Waals surface area contributed by atoms with Crippen molar-refractivity contribution in [3.05, 3.63) is 103 Å². The molecule has 0 unspecified atom stereocenters. The minimum absolute atomic E-state index is 0.0864. The van der Waals surface area contributed by atoms with E-state index in [1.54, 1.807) is 0 Å². The van der Waals surface area contributed by atoms with E-state index in [1.807, 2.05) is 38.1 Å². The summed E-state index contributed by atoms with van der Waals surface area (Å²) >= 11 is 0. The third kappa shape index (κ3) is 6.21. The molecular weight excluding hydrogens is 512 g/mol. The second-order valence-corrected chi connectivity index (χ2v) is 10.6. The standard InChI is InChI=1S/C31H34N2O7/c1-19-13-25(37-17-26-18-38-31(4,5)39-26)14-20(2)28(19)27-8-6-7-23(21(27)3)16-36-24-11-9-22(10-12-24)15-33-29(34)32-30(35)40-33/h6-14,26H,15-18H2,1-5H3,(H,32,34,35)/t26-/m1/s1. The van der Waals surface area contributed by atoms with Crippen molar-refractivity contribution in [1.82, 2.24) is 9.72 Å². The van der Waals surface area contributed by atoms with Gasteiger partial charge in [0.1, 0.15) is 30.8 Å². The van der Waals surface area contributed by atoms with Gasteiger partial charge in [-0.15, -0.1) is 4.74 Å². The molecule has 0 saturated carbocycles. The lowest BCUT2D eigenvalue weighted by Crippen LogP contribution is -2.25. The number of nitrogens with zero attached hydrogens (tertiary/aromatic N) is 1. The van der Waals surface area contributed by atoms with Gasteiger partial charge in [-0.1, -0.05) is 30.3 Å². The molecule has 0 aliphatic carbocycles. The number of nitrogens with one attached hydrogen (secondary N) is 1. The minimum atomic E-state index is -0.772. The van der Waals surface area contributed by atoms with E-state index >= 15 is 0 Å². The lowest BCUT2D eigenvalue weighted by atomic mass is 9.90. The Morgan fingerprint density at radius 2 is 1.70 bits per heavy atom. The molecule has 0 amide bonds. The molecule has 1 aromatic heterocycles. The Kier molecular flexibility index (Phi) is 7.69. The molecule has 0 radical (unpaired) electrons. The summed E-state index contributed by atoms with van der Waals surface area (Å²) in [7, 11) is 0. The first-order chi connectivity index (χ1) is 19.1. The summed E-state index contributed by atoms with van der Waals surface area (Å²) in [5.74, 6) is 0.178. The van der Waals surface area contributed by atoms with Crippen molar-refractivity contribution in [2.24, 2.45) is 0 Å². The van der Waals surface area contributed by atoms with Crippen molar-refractivity contribution in [3.8, 4) is 22.6 Å². The van der Waals surface area contributed by atoms with Crippen LogP contribution in [0.15, 0.2) is 68.7 Å². The fourth-order valence-corrected chi connectivity index (χ4v) is 5.01. The van der Waals surface area contributed by atoms with E-state index < -0.39 is 17.2 Å². The molecule has 1 saturated heterocycles. The van der Waals surface area contributed by atoms with Gasteiger partial charge in [0, 0.05) is 0 Å². The van der Waals surface area contributed by atoms with Crippen LogP contribution in [0.5, 0.6) is 11.5 Å². The molecule has 1 N–H and O–H groups in total. The van der Waals surface area contributed by atoms with Crippen molar-refractivity contribution in [2.45, 2.75) is 59.7 Å². The van der Waals surface area contributed by atoms with E-state index in [4.69, 9.17) is 23.5 Å². The Labute approximate surface area is 232 Å². The molecule has 1 aliphatic heterocycles. The van der Waals surface area contributed by atoms with Gasteiger partial charge in [-0.3, -0.25) is 0 Å². The largest absolute Gasteiger partial charge is 0.491 e. The average Bonchev–Trinajstić information content (AvgIpc) is 3.42. The highest BCUT2D eigenvalue weighted by molar-refractivity contribution is 5.75. The van der Waals surface area contributed by atoms with Crippen LogP contribution in [0.2, 0.25) is 0 Å². The van der Waals surface area contributed by atoms with E-state index in [9.17, 15) is 9.59 Å². The molecule has 1 atom stereocenters. The van der Waals surface area contributed by atoms with Gasteiger partial charge >= 0.3 is 11.4 Å². The Morgan fingerprint density at radius 3 is 2.33 bits per heavy atom. The number of aromatic nitrogens is 2. The lowest BCUT2D eigenvalue weighted by Gasteiger charge is -2.19. The molecule has 3 aromatic carbocycles. The van der Waals surface area contributed by atoms with Gasteiger partial charge in [0.15, 0.2) is 5.79 Å². The monoisotopic (exact) mass is 546 g/mol. The zero-order valence-corrected chi connectivity index (χ0v) is 23.4. The maximum atomic E-state index is 11.7. The first-order valence-corrected chi connectivity index (χ1v) is 13.2. The second kappa shape index (κ2) is 11.2. The van der Waals surface area contributed by atoms with Crippen LogP contribution >= 0.6 is 0 Å². The number of hydrogen-bond donors (Lipinski definition) is 1.